The molecular formula is C31H26. The molecular weight excluding hydrogens is 372 g/mol. The molecule has 0 bridgehead atoms. The summed E-state index contributed by atoms with van der Waals surface area (Å²) in [6.07, 6.45) is 9.14. The van der Waals surface area contributed by atoms with Gasteiger partial charge < -0.3 is 0 Å². The fourth-order valence-corrected chi connectivity index (χ4v) is 4.19. The van der Waals surface area contributed by atoms with Gasteiger partial charge in [0.2, 0.25) is 0 Å². The van der Waals surface area contributed by atoms with Crippen molar-refractivity contribution in [3.63, 3.8) is 0 Å². The molecule has 4 aromatic carbocycles. The van der Waals surface area contributed by atoms with Crippen LogP contribution in [0, 0.1) is 6.92 Å². The van der Waals surface area contributed by atoms with Gasteiger partial charge in [0.05, 0.1) is 0 Å². The molecule has 0 radical (unpaired) electrons. The normalized spacial score (nSPS) is 13.1. The third-order valence-electron chi connectivity index (χ3n) is 5.97. The van der Waals surface area contributed by atoms with Gasteiger partial charge in [0.15, 0.2) is 0 Å². The molecule has 0 spiro atoms. The fraction of sp³-hybridized carbons (Fsp3) is 0.0968. The van der Waals surface area contributed by atoms with Crippen LogP contribution in [0.15, 0.2) is 115 Å². The van der Waals surface area contributed by atoms with Crippen molar-refractivity contribution >= 4 is 5.57 Å². The minimum absolute atomic E-state index is 1.11. The Hall–Kier alpha value is -3.64. The summed E-state index contributed by atoms with van der Waals surface area (Å²) in [5.41, 5.74) is 11.4. The third-order valence-corrected chi connectivity index (χ3v) is 5.97. The summed E-state index contributed by atoms with van der Waals surface area (Å²) < 4.78 is 0. The van der Waals surface area contributed by atoms with Crippen molar-refractivity contribution in [2.45, 2.75) is 19.8 Å². The third kappa shape index (κ3) is 4.29. The van der Waals surface area contributed by atoms with Crippen LogP contribution in [0.3, 0.4) is 0 Å². The Bertz CT molecular complexity index is 1240. The van der Waals surface area contributed by atoms with Crippen LogP contribution >= 0.6 is 0 Å². The average Bonchev–Trinajstić information content (AvgIpc) is 2.85. The van der Waals surface area contributed by atoms with Gasteiger partial charge in [-0.25, -0.2) is 0 Å². The van der Waals surface area contributed by atoms with E-state index in [-0.39, 0.29) is 0 Å². The van der Waals surface area contributed by atoms with E-state index in [1.807, 2.05) is 0 Å². The molecule has 0 saturated heterocycles. The Morgan fingerprint density at radius 1 is 0.484 bits per heavy atom. The summed E-state index contributed by atoms with van der Waals surface area (Å²) in [6, 6.07) is 35.3. The van der Waals surface area contributed by atoms with Gasteiger partial charge in [-0.1, -0.05) is 103 Å². The van der Waals surface area contributed by atoms with Crippen molar-refractivity contribution in [3.05, 3.63) is 126 Å². The minimum atomic E-state index is 1.11. The molecule has 1 aliphatic rings. The van der Waals surface area contributed by atoms with Crippen molar-refractivity contribution in [2.75, 3.05) is 0 Å². The molecule has 0 heterocycles. The first-order valence-electron chi connectivity index (χ1n) is 11.0. The van der Waals surface area contributed by atoms with Crippen LogP contribution in [0.4, 0.5) is 0 Å². The van der Waals surface area contributed by atoms with Crippen molar-refractivity contribution in [2.24, 2.45) is 0 Å². The van der Waals surface area contributed by atoms with E-state index in [1.165, 1.54) is 50.1 Å². The summed E-state index contributed by atoms with van der Waals surface area (Å²) in [6.45, 7) is 2.13. The number of allylic oxidation sites excluding steroid dienone is 4. The van der Waals surface area contributed by atoms with Crippen LogP contribution in [-0.4, -0.2) is 0 Å². The molecule has 0 nitrogen and oxygen atoms in total. The standard InChI is InChI=1S/C31H26/c1-23-12-14-26(15-13-23)27-16-18-28(19-17-27)31-21-29(24-8-4-2-5-9-24)20-30(22-31)25-10-6-3-7-11-25/h2,4-6,8-22H,3,7H2,1H3. The highest BCUT2D eigenvalue weighted by Gasteiger charge is 2.09. The molecule has 31 heavy (non-hydrogen) atoms. The maximum Gasteiger partial charge on any atom is -0.0172 e. The molecule has 0 heteroatoms. The number of aryl methyl sites for hydroxylation is 1. The Labute approximate surface area is 185 Å². The highest BCUT2D eigenvalue weighted by Crippen LogP contribution is 2.33. The first-order chi connectivity index (χ1) is 15.3. The molecule has 0 aliphatic heterocycles. The fourth-order valence-electron chi connectivity index (χ4n) is 4.19. The second-order valence-electron chi connectivity index (χ2n) is 8.25. The van der Waals surface area contributed by atoms with Crippen LogP contribution in [0.5, 0.6) is 0 Å². The second-order valence-corrected chi connectivity index (χ2v) is 8.25. The lowest BCUT2D eigenvalue weighted by atomic mass is 9.91. The van der Waals surface area contributed by atoms with E-state index in [9.17, 15) is 0 Å². The SMILES string of the molecule is Cc1ccc(-c2ccc(-c3cc(C4=CCCC=C4)cc(-c4ccccc4)c3)cc2)cc1. The summed E-state index contributed by atoms with van der Waals surface area (Å²) in [7, 11) is 0. The summed E-state index contributed by atoms with van der Waals surface area (Å²) in [4.78, 5) is 0. The zero-order valence-electron chi connectivity index (χ0n) is 17.9. The lowest BCUT2D eigenvalue weighted by Gasteiger charge is -2.14. The molecule has 4 aromatic rings. The van der Waals surface area contributed by atoms with Gasteiger partial charge in [0.1, 0.15) is 0 Å². The van der Waals surface area contributed by atoms with Gasteiger partial charge in [-0.2, -0.15) is 0 Å². The molecule has 0 N–H and O–H groups in total. The average molecular weight is 399 g/mol. The predicted octanol–water partition coefficient (Wildman–Crippen LogP) is 8.73. The van der Waals surface area contributed by atoms with Gasteiger partial charge in [0, 0.05) is 0 Å². The second kappa shape index (κ2) is 8.62. The maximum absolute atomic E-state index is 2.36. The van der Waals surface area contributed by atoms with Crippen LogP contribution < -0.4 is 0 Å². The van der Waals surface area contributed by atoms with Crippen LogP contribution in [0.2, 0.25) is 0 Å². The number of rotatable bonds is 4. The van der Waals surface area contributed by atoms with E-state index < -0.39 is 0 Å². The monoisotopic (exact) mass is 398 g/mol. The van der Waals surface area contributed by atoms with E-state index >= 15 is 0 Å². The molecule has 0 fully saturated rings. The number of hydrogen-bond acceptors (Lipinski definition) is 0. The van der Waals surface area contributed by atoms with Crippen molar-refractivity contribution in [3.8, 4) is 33.4 Å². The first kappa shape index (κ1) is 19.3. The molecule has 1 aliphatic carbocycles. The van der Waals surface area contributed by atoms with Crippen LogP contribution in [-0.2, 0) is 0 Å². The van der Waals surface area contributed by atoms with Crippen molar-refractivity contribution in [1.82, 2.24) is 0 Å². The Balaban J connectivity index is 1.57. The van der Waals surface area contributed by atoms with Gasteiger partial charge in [-0.3, -0.25) is 0 Å². The first-order valence-corrected chi connectivity index (χ1v) is 11.0. The smallest absolute Gasteiger partial charge is 0.0172 e. The largest absolute Gasteiger partial charge is 0.0836 e. The quantitative estimate of drug-likeness (QED) is 0.322. The lowest BCUT2D eigenvalue weighted by molar-refractivity contribution is 1.04. The van der Waals surface area contributed by atoms with E-state index in [4.69, 9.17) is 0 Å². The van der Waals surface area contributed by atoms with E-state index in [0.29, 0.717) is 0 Å². The van der Waals surface area contributed by atoms with E-state index in [0.717, 1.165) is 12.8 Å². The maximum atomic E-state index is 2.36. The molecule has 0 amide bonds. The van der Waals surface area contributed by atoms with Crippen molar-refractivity contribution in [1.29, 1.82) is 0 Å². The van der Waals surface area contributed by atoms with Gasteiger partial charge >= 0.3 is 0 Å². The van der Waals surface area contributed by atoms with Gasteiger partial charge in [-0.05, 0) is 82.5 Å². The summed E-state index contributed by atoms with van der Waals surface area (Å²) in [5.74, 6) is 0. The summed E-state index contributed by atoms with van der Waals surface area (Å²) in [5, 5.41) is 0. The molecule has 0 unspecified atom stereocenters. The number of benzene rings is 4. The number of hydrogen-bond donors (Lipinski definition) is 0. The molecule has 0 aromatic heterocycles. The topological polar surface area (TPSA) is 0 Å². The molecule has 5 rings (SSSR count). The minimum Gasteiger partial charge on any atom is -0.0836 e. The Kier molecular flexibility index (Phi) is 5.37. The highest BCUT2D eigenvalue weighted by molar-refractivity contribution is 5.84. The molecule has 0 atom stereocenters. The lowest BCUT2D eigenvalue weighted by Crippen LogP contribution is -1.90. The Morgan fingerprint density at radius 3 is 1.58 bits per heavy atom. The molecule has 0 saturated carbocycles. The van der Waals surface area contributed by atoms with Crippen LogP contribution in [0.1, 0.15) is 24.0 Å². The highest BCUT2D eigenvalue weighted by atomic mass is 14.1. The van der Waals surface area contributed by atoms with Gasteiger partial charge in [-0.15, -0.1) is 0 Å². The predicted molar refractivity (Wildman–Crippen MR) is 134 cm³/mol. The van der Waals surface area contributed by atoms with Gasteiger partial charge in [0.25, 0.3) is 0 Å². The van der Waals surface area contributed by atoms with Crippen molar-refractivity contribution < 1.29 is 0 Å². The zero-order valence-corrected chi connectivity index (χ0v) is 17.9. The van der Waals surface area contributed by atoms with Crippen LogP contribution in [0.25, 0.3) is 39.0 Å². The zero-order chi connectivity index (χ0) is 21.0. The summed E-state index contributed by atoms with van der Waals surface area (Å²) >= 11 is 0. The van der Waals surface area contributed by atoms with E-state index in [1.54, 1.807) is 0 Å². The molecule has 150 valence electrons. The Morgan fingerprint density at radius 2 is 1.00 bits per heavy atom. The van der Waals surface area contributed by atoms with E-state index in [2.05, 4.69) is 122 Å².